The van der Waals surface area contributed by atoms with Crippen LogP contribution in [0.15, 0.2) is 12.1 Å². The summed E-state index contributed by atoms with van der Waals surface area (Å²) in [5.41, 5.74) is -0.613. The number of carbonyl (C=O) groups is 2. The minimum Gasteiger partial charge on any atom is -0.493 e. The number of amides is 3. The SMILES string of the molecule is COc1cc([C@@]2(C)NC(=O)N(CN3CCCC3)C2=O)cc(OC)c1OC. The lowest BCUT2D eigenvalue weighted by molar-refractivity contribution is -0.132. The number of hydrogen-bond acceptors (Lipinski definition) is 6. The van der Waals surface area contributed by atoms with Crippen molar-refractivity contribution in [2.24, 2.45) is 0 Å². The Balaban J connectivity index is 1.95. The summed E-state index contributed by atoms with van der Waals surface area (Å²) in [5, 5.41) is 2.82. The molecule has 0 aliphatic carbocycles. The van der Waals surface area contributed by atoms with Crippen LogP contribution >= 0.6 is 0 Å². The van der Waals surface area contributed by atoms with E-state index in [2.05, 4.69) is 10.2 Å². The van der Waals surface area contributed by atoms with Crippen LogP contribution in [0.4, 0.5) is 4.79 Å². The Hall–Kier alpha value is -2.48. The highest BCUT2D eigenvalue weighted by Gasteiger charge is 2.50. The second-order valence-corrected chi connectivity index (χ2v) is 6.67. The zero-order valence-corrected chi connectivity index (χ0v) is 15.6. The summed E-state index contributed by atoms with van der Waals surface area (Å²) < 4.78 is 16.1. The highest BCUT2D eigenvalue weighted by atomic mass is 16.5. The minimum absolute atomic E-state index is 0.288. The molecular weight excluding hydrogens is 338 g/mol. The van der Waals surface area contributed by atoms with E-state index in [0.29, 0.717) is 29.5 Å². The van der Waals surface area contributed by atoms with E-state index < -0.39 is 11.6 Å². The van der Waals surface area contributed by atoms with Crippen LogP contribution < -0.4 is 19.5 Å². The fraction of sp³-hybridized carbons (Fsp3) is 0.556. The first kappa shape index (κ1) is 18.3. The van der Waals surface area contributed by atoms with Crippen molar-refractivity contribution in [3.05, 3.63) is 17.7 Å². The van der Waals surface area contributed by atoms with Gasteiger partial charge in [-0.15, -0.1) is 0 Å². The van der Waals surface area contributed by atoms with Crippen LogP contribution in [0.25, 0.3) is 0 Å². The number of imide groups is 1. The van der Waals surface area contributed by atoms with Crippen LogP contribution in [0.3, 0.4) is 0 Å². The number of rotatable bonds is 6. The standard InChI is InChI=1S/C18H25N3O5/c1-18(12-9-13(24-2)15(26-4)14(10-12)25-3)16(22)21(17(23)19-18)11-20-7-5-6-8-20/h9-10H,5-8,11H2,1-4H3,(H,19,23)/t18-/m1/s1. The summed E-state index contributed by atoms with van der Waals surface area (Å²) >= 11 is 0. The average molecular weight is 363 g/mol. The van der Waals surface area contributed by atoms with Crippen LogP contribution in [0.2, 0.25) is 0 Å². The Morgan fingerprint density at radius 1 is 1.04 bits per heavy atom. The molecule has 2 aliphatic rings. The molecule has 2 fully saturated rings. The molecule has 0 radical (unpaired) electrons. The van der Waals surface area contributed by atoms with Gasteiger partial charge in [-0.3, -0.25) is 9.69 Å². The van der Waals surface area contributed by atoms with Gasteiger partial charge in [0.15, 0.2) is 11.5 Å². The molecule has 0 bridgehead atoms. The second-order valence-electron chi connectivity index (χ2n) is 6.67. The van der Waals surface area contributed by atoms with Gasteiger partial charge >= 0.3 is 6.03 Å². The third-order valence-corrected chi connectivity index (χ3v) is 5.06. The average Bonchev–Trinajstić information content (AvgIpc) is 3.23. The number of nitrogens with one attached hydrogen (secondary N) is 1. The zero-order chi connectivity index (χ0) is 18.9. The highest BCUT2D eigenvalue weighted by Crippen LogP contribution is 2.42. The normalized spacial score (nSPS) is 23.3. The Morgan fingerprint density at radius 2 is 1.62 bits per heavy atom. The molecule has 1 aromatic rings. The van der Waals surface area contributed by atoms with Crippen molar-refractivity contribution in [3.63, 3.8) is 0 Å². The van der Waals surface area contributed by atoms with Gasteiger partial charge in [0.2, 0.25) is 5.75 Å². The number of likely N-dealkylation sites (tertiary alicyclic amines) is 1. The van der Waals surface area contributed by atoms with Crippen molar-refractivity contribution >= 4 is 11.9 Å². The molecule has 142 valence electrons. The summed E-state index contributed by atoms with van der Waals surface area (Å²) in [6.07, 6.45) is 2.18. The fourth-order valence-electron chi connectivity index (χ4n) is 3.51. The molecular formula is C18H25N3O5. The Kier molecular flexibility index (Phi) is 4.95. The van der Waals surface area contributed by atoms with Gasteiger partial charge in [0.05, 0.1) is 28.0 Å². The van der Waals surface area contributed by atoms with E-state index in [9.17, 15) is 9.59 Å². The highest BCUT2D eigenvalue weighted by molar-refractivity contribution is 6.07. The maximum Gasteiger partial charge on any atom is 0.326 e. The van der Waals surface area contributed by atoms with E-state index in [0.717, 1.165) is 25.9 Å². The summed E-state index contributed by atoms with van der Waals surface area (Å²) in [6.45, 7) is 3.80. The van der Waals surface area contributed by atoms with Crippen molar-refractivity contribution in [2.45, 2.75) is 25.3 Å². The minimum atomic E-state index is -1.19. The van der Waals surface area contributed by atoms with Gasteiger partial charge in [-0.05, 0) is 50.6 Å². The fourth-order valence-corrected chi connectivity index (χ4v) is 3.51. The van der Waals surface area contributed by atoms with E-state index >= 15 is 0 Å². The first-order valence-corrected chi connectivity index (χ1v) is 8.61. The molecule has 2 heterocycles. The number of hydrogen-bond donors (Lipinski definition) is 1. The van der Waals surface area contributed by atoms with Gasteiger partial charge in [-0.2, -0.15) is 0 Å². The number of carbonyl (C=O) groups excluding carboxylic acids is 2. The second kappa shape index (κ2) is 7.03. The molecule has 0 spiro atoms. The number of ether oxygens (including phenoxy) is 3. The third kappa shape index (κ3) is 2.94. The number of nitrogens with zero attached hydrogens (tertiary/aromatic N) is 2. The first-order chi connectivity index (χ1) is 12.4. The molecule has 0 unspecified atom stereocenters. The van der Waals surface area contributed by atoms with Crippen LogP contribution in [-0.2, 0) is 10.3 Å². The van der Waals surface area contributed by atoms with E-state index in [-0.39, 0.29) is 5.91 Å². The molecule has 2 saturated heterocycles. The maximum absolute atomic E-state index is 13.1. The number of benzene rings is 1. The van der Waals surface area contributed by atoms with Crippen LogP contribution in [0.1, 0.15) is 25.3 Å². The van der Waals surface area contributed by atoms with Gasteiger partial charge in [0.1, 0.15) is 5.54 Å². The van der Waals surface area contributed by atoms with E-state index in [1.165, 1.54) is 26.2 Å². The molecule has 1 aromatic carbocycles. The lowest BCUT2D eigenvalue weighted by atomic mass is 9.91. The molecule has 8 heteroatoms. The Labute approximate surface area is 153 Å². The van der Waals surface area contributed by atoms with Crippen molar-refractivity contribution in [1.29, 1.82) is 0 Å². The van der Waals surface area contributed by atoms with Gasteiger partial charge in [0.25, 0.3) is 5.91 Å². The summed E-state index contributed by atoms with van der Waals surface area (Å²) in [5.74, 6) is 1.02. The molecule has 3 rings (SSSR count). The van der Waals surface area contributed by atoms with E-state index in [1.807, 2.05) is 0 Å². The lowest BCUT2D eigenvalue weighted by Gasteiger charge is -2.25. The number of methoxy groups -OCH3 is 3. The topological polar surface area (TPSA) is 80.3 Å². The van der Waals surface area contributed by atoms with Gasteiger partial charge < -0.3 is 19.5 Å². The van der Waals surface area contributed by atoms with Crippen LogP contribution in [-0.4, -0.2) is 62.8 Å². The molecule has 0 aromatic heterocycles. The van der Waals surface area contributed by atoms with Crippen LogP contribution in [0, 0.1) is 0 Å². The smallest absolute Gasteiger partial charge is 0.326 e. The van der Waals surface area contributed by atoms with Gasteiger partial charge in [-0.1, -0.05) is 0 Å². The van der Waals surface area contributed by atoms with Crippen molar-refractivity contribution < 1.29 is 23.8 Å². The lowest BCUT2D eigenvalue weighted by Crippen LogP contribution is -2.43. The summed E-state index contributed by atoms with van der Waals surface area (Å²) in [6, 6.07) is 3.00. The third-order valence-electron chi connectivity index (χ3n) is 5.06. The molecule has 0 saturated carbocycles. The molecule has 8 nitrogen and oxygen atoms in total. The van der Waals surface area contributed by atoms with Crippen LogP contribution in [0.5, 0.6) is 17.2 Å². The molecule has 3 amide bonds. The Morgan fingerprint density at radius 3 is 2.12 bits per heavy atom. The zero-order valence-electron chi connectivity index (χ0n) is 15.6. The molecule has 1 N–H and O–H groups in total. The van der Waals surface area contributed by atoms with Gasteiger partial charge in [-0.25, -0.2) is 9.69 Å². The Bertz CT molecular complexity index is 692. The van der Waals surface area contributed by atoms with E-state index in [4.69, 9.17) is 14.2 Å². The predicted octanol–water partition coefficient (Wildman–Crippen LogP) is 1.53. The summed E-state index contributed by atoms with van der Waals surface area (Å²) in [7, 11) is 4.54. The quantitative estimate of drug-likeness (QED) is 0.772. The predicted molar refractivity (Wildman–Crippen MR) is 94.5 cm³/mol. The summed E-state index contributed by atoms with van der Waals surface area (Å²) in [4.78, 5) is 28.9. The van der Waals surface area contributed by atoms with Crippen molar-refractivity contribution in [1.82, 2.24) is 15.1 Å². The first-order valence-electron chi connectivity index (χ1n) is 8.61. The molecule has 26 heavy (non-hydrogen) atoms. The van der Waals surface area contributed by atoms with Crippen molar-refractivity contribution in [2.75, 3.05) is 41.1 Å². The molecule has 1 atom stereocenters. The maximum atomic E-state index is 13.1. The van der Waals surface area contributed by atoms with Gasteiger partial charge in [0, 0.05) is 0 Å². The monoisotopic (exact) mass is 363 g/mol. The number of urea groups is 1. The molecule has 2 aliphatic heterocycles. The van der Waals surface area contributed by atoms with Crippen molar-refractivity contribution in [3.8, 4) is 17.2 Å². The van der Waals surface area contributed by atoms with E-state index in [1.54, 1.807) is 19.1 Å². The largest absolute Gasteiger partial charge is 0.493 e.